The fraction of sp³-hybridized carbons (Fsp3) is 0.417. The number of anilines is 1. The molecule has 0 aliphatic rings. The van der Waals surface area contributed by atoms with E-state index in [2.05, 4.69) is 5.32 Å². The van der Waals surface area contributed by atoms with Crippen LogP contribution in [0.25, 0.3) is 0 Å². The third-order valence-corrected chi connectivity index (χ3v) is 3.06. The molecule has 0 aliphatic carbocycles. The van der Waals surface area contributed by atoms with Crippen molar-refractivity contribution in [1.82, 2.24) is 0 Å². The summed E-state index contributed by atoms with van der Waals surface area (Å²) < 4.78 is 27.6. The maximum Gasteiger partial charge on any atom is 0.412 e. The SMILES string of the molecule is CC(C)(C)OC(=O)Nc1ccc(S(C)(=O)=O)cc1. The Kier molecular flexibility index (Phi) is 4.01. The Morgan fingerprint density at radius 2 is 1.67 bits per heavy atom. The normalized spacial score (nSPS) is 12.0. The Hall–Kier alpha value is -1.56. The Morgan fingerprint density at radius 1 is 1.17 bits per heavy atom. The predicted octanol–water partition coefficient (Wildman–Crippen LogP) is 2.44. The number of rotatable bonds is 2. The van der Waals surface area contributed by atoms with Gasteiger partial charge in [-0.2, -0.15) is 0 Å². The first-order chi connectivity index (χ1) is 8.08. The number of sulfone groups is 1. The smallest absolute Gasteiger partial charge is 0.412 e. The van der Waals surface area contributed by atoms with Crippen LogP contribution in [0.3, 0.4) is 0 Å². The number of hydrogen-bond donors (Lipinski definition) is 1. The highest BCUT2D eigenvalue weighted by atomic mass is 32.2. The number of nitrogens with one attached hydrogen (secondary N) is 1. The van der Waals surface area contributed by atoms with Crippen molar-refractivity contribution >= 4 is 21.6 Å². The number of benzene rings is 1. The molecule has 0 aromatic heterocycles. The molecule has 0 saturated heterocycles. The number of hydrogen-bond acceptors (Lipinski definition) is 4. The van der Waals surface area contributed by atoms with Gasteiger partial charge in [0.15, 0.2) is 9.84 Å². The number of carbonyl (C=O) groups excluding carboxylic acids is 1. The summed E-state index contributed by atoms with van der Waals surface area (Å²) in [5, 5.41) is 2.52. The summed E-state index contributed by atoms with van der Waals surface area (Å²) in [4.78, 5) is 11.7. The lowest BCUT2D eigenvalue weighted by atomic mass is 10.2. The first-order valence-electron chi connectivity index (χ1n) is 5.38. The summed E-state index contributed by atoms with van der Waals surface area (Å²) in [5.41, 5.74) is -0.0896. The van der Waals surface area contributed by atoms with E-state index in [-0.39, 0.29) is 4.90 Å². The third kappa shape index (κ3) is 4.75. The van der Waals surface area contributed by atoms with Crippen molar-refractivity contribution in [2.45, 2.75) is 31.3 Å². The minimum absolute atomic E-state index is 0.206. The van der Waals surface area contributed by atoms with Gasteiger partial charge in [-0.3, -0.25) is 5.32 Å². The van der Waals surface area contributed by atoms with E-state index in [0.717, 1.165) is 6.26 Å². The summed E-state index contributed by atoms with van der Waals surface area (Å²) in [7, 11) is -3.22. The molecule has 0 heterocycles. The van der Waals surface area contributed by atoms with Gasteiger partial charge in [0, 0.05) is 11.9 Å². The van der Waals surface area contributed by atoms with Gasteiger partial charge in [-0.25, -0.2) is 13.2 Å². The highest BCUT2D eigenvalue weighted by Gasteiger charge is 2.16. The molecule has 1 rings (SSSR count). The fourth-order valence-electron chi connectivity index (χ4n) is 1.21. The van der Waals surface area contributed by atoms with Crippen molar-refractivity contribution in [2.24, 2.45) is 0 Å². The molecule has 1 aromatic carbocycles. The second-order valence-corrected chi connectivity index (χ2v) is 6.94. The lowest BCUT2D eigenvalue weighted by molar-refractivity contribution is 0.0636. The molecular weight excluding hydrogens is 254 g/mol. The van der Waals surface area contributed by atoms with E-state index in [4.69, 9.17) is 4.74 Å². The first kappa shape index (κ1) is 14.5. The van der Waals surface area contributed by atoms with Crippen LogP contribution >= 0.6 is 0 Å². The van der Waals surface area contributed by atoms with Crippen LogP contribution in [-0.2, 0) is 14.6 Å². The zero-order valence-electron chi connectivity index (χ0n) is 10.9. The largest absolute Gasteiger partial charge is 0.444 e. The standard InChI is InChI=1S/C12H17NO4S/c1-12(2,3)17-11(14)13-9-5-7-10(8-6-9)18(4,15)16/h5-8H,1-4H3,(H,13,14). The number of ether oxygens (including phenoxy) is 1. The minimum atomic E-state index is -3.22. The number of amides is 1. The molecule has 0 radical (unpaired) electrons. The highest BCUT2D eigenvalue weighted by Crippen LogP contribution is 2.15. The summed E-state index contributed by atoms with van der Waals surface area (Å²) >= 11 is 0. The molecule has 0 aliphatic heterocycles. The second kappa shape index (κ2) is 4.97. The molecule has 1 aromatic rings. The van der Waals surface area contributed by atoms with E-state index >= 15 is 0 Å². The zero-order chi connectivity index (χ0) is 14.0. The van der Waals surface area contributed by atoms with Crippen LogP contribution in [0, 0.1) is 0 Å². The molecule has 0 bridgehead atoms. The lowest BCUT2D eigenvalue weighted by Gasteiger charge is -2.19. The molecule has 0 fully saturated rings. The van der Waals surface area contributed by atoms with Crippen molar-refractivity contribution in [3.63, 3.8) is 0 Å². The van der Waals surface area contributed by atoms with Gasteiger partial charge in [0.25, 0.3) is 0 Å². The van der Waals surface area contributed by atoms with Crippen LogP contribution < -0.4 is 5.32 Å². The quantitative estimate of drug-likeness (QED) is 0.896. The molecule has 0 spiro atoms. The van der Waals surface area contributed by atoms with Gasteiger partial charge >= 0.3 is 6.09 Å². The Labute approximate surface area is 107 Å². The van der Waals surface area contributed by atoms with Crippen molar-refractivity contribution in [3.8, 4) is 0 Å². The topological polar surface area (TPSA) is 72.5 Å². The van der Waals surface area contributed by atoms with Crippen molar-refractivity contribution in [3.05, 3.63) is 24.3 Å². The van der Waals surface area contributed by atoms with Crippen molar-refractivity contribution in [2.75, 3.05) is 11.6 Å². The molecule has 100 valence electrons. The second-order valence-electron chi connectivity index (χ2n) is 4.92. The van der Waals surface area contributed by atoms with Gasteiger partial charge in [0.05, 0.1) is 4.90 Å². The van der Waals surface area contributed by atoms with Crippen molar-refractivity contribution in [1.29, 1.82) is 0 Å². The van der Waals surface area contributed by atoms with Gasteiger partial charge < -0.3 is 4.74 Å². The molecule has 6 heteroatoms. The summed E-state index contributed by atoms with van der Waals surface area (Å²) in [6.07, 6.45) is 0.554. The maximum atomic E-state index is 11.5. The van der Waals surface area contributed by atoms with Crippen molar-refractivity contribution < 1.29 is 17.9 Å². The van der Waals surface area contributed by atoms with Gasteiger partial charge in [-0.05, 0) is 45.0 Å². The van der Waals surface area contributed by atoms with Gasteiger partial charge in [0.2, 0.25) is 0 Å². The molecule has 0 atom stereocenters. The Bertz CT molecular complexity index is 526. The molecule has 1 amide bonds. The monoisotopic (exact) mass is 271 g/mol. The molecule has 1 N–H and O–H groups in total. The maximum absolute atomic E-state index is 11.5. The zero-order valence-corrected chi connectivity index (χ0v) is 11.7. The Morgan fingerprint density at radius 3 is 2.06 bits per heavy atom. The third-order valence-electron chi connectivity index (χ3n) is 1.93. The van der Waals surface area contributed by atoms with Gasteiger partial charge in [-0.1, -0.05) is 0 Å². The van der Waals surface area contributed by atoms with Crippen LogP contribution in [0.1, 0.15) is 20.8 Å². The molecule has 0 unspecified atom stereocenters. The molecule has 0 saturated carbocycles. The molecular formula is C12H17NO4S. The van der Waals surface area contributed by atoms with E-state index in [0.29, 0.717) is 5.69 Å². The average Bonchev–Trinajstić information content (AvgIpc) is 2.13. The number of carbonyl (C=O) groups is 1. The summed E-state index contributed by atoms with van der Waals surface area (Å²) in [6.45, 7) is 5.29. The van der Waals surface area contributed by atoms with Crippen LogP contribution in [0.5, 0.6) is 0 Å². The van der Waals surface area contributed by atoms with Crippen LogP contribution in [-0.4, -0.2) is 26.4 Å². The minimum Gasteiger partial charge on any atom is -0.444 e. The van der Waals surface area contributed by atoms with E-state index in [1.807, 2.05) is 0 Å². The molecule has 18 heavy (non-hydrogen) atoms. The van der Waals surface area contributed by atoms with E-state index in [1.54, 1.807) is 20.8 Å². The van der Waals surface area contributed by atoms with E-state index in [9.17, 15) is 13.2 Å². The van der Waals surface area contributed by atoms with Gasteiger partial charge in [-0.15, -0.1) is 0 Å². The fourth-order valence-corrected chi connectivity index (χ4v) is 1.84. The van der Waals surface area contributed by atoms with E-state index in [1.165, 1.54) is 24.3 Å². The Balaban J connectivity index is 2.73. The average molecular weight is 271 g/mol. The summed E-state index contributed by atoms with van der Waals surface area (Å²) in [5.74, 6) is 0. The molecule has 5 nitrogen and oxygen atoms in total. The van der Waals surface area contributed by atoms with Crippen LogP contribution in [0.2, 0.25) is 0 Å². The van der Waals surface area contributed by atoms with E-state index < -0.39 is 21.5 Å². The lowest BCUT2D eigenvalue weighted by Crippen LogP contribution is -2.27. The van der Waals surface area contributed by atoms with Gasteiger partial charge in [0.1, 0.15) is 5.60 Å². The van der Waals surface area contributed by atoms with Crippen LogP contribution in [0.4, 0.5) is 10.5 Å². The predicted molar refractivity (Wildman–Crippen MR) is 69.4 cm³/mol. The highest BCUT2D eigenvalue weighted by molar-refractivity contribution is 7.90. The summed E-state index contributed by atoms with van der Waals surface area (Å²) in [6, 6.07) is 5.89. The first-order valence-corrected chi connectivity index (χ1v) is 7.27. The van der Waals surface area contributed by atoms with Crippen LogP contribution in [0.15, 0.2) is 29.2 Å².